The lowest BCUT2D eigenvalue weighted by molar-refractivity contribution is -0.0528. The molecule has 0 radical (unpaired) electrons. The van der Waals surface area contributed by atoms with Gasteiger partial charge in [0.2, 0.25) is 5.95 Å². The van der Waals surface area contributed by atoms with Crippen molar-refractivity contribution in [3.05, 3.63) is 48.1 Å². The molecule has 3 atom stereocenters. The van der Waals surface area contributed by atoms with Crippen molar-refractivity contribution in [1.29, 1.82) is 5.26 Å². The molecule has 4 aliphatic rings. The molecule has 1 aliphatic heterocycles. The topological polar surface area (TPSA) is 160 Å². The molecule has 0 aromatic carbocycles. The average molecular weight is 519 g/mol. The summed E-state index contributed by atoms with van der Waals surface area (Å²) in [6, 6.07) is 3.64. The Bertz CT molecular complexity index is 1590. The molecule has 3 aliphatic carbocycles. The van der Waals surface area contributed by atoms with Crippen molar-refractivity contribution < 1.29 is 18.7 Å². The first-order chi connectivity index (χ1) is 18.4. The summed E-state index contributed by atoms with van der Waals surface area (Å²) in [7, 11) is 0. The van der Waals surface area contributed by atoms with E-state index >= 15 is 4.39 Å². The summed E-state index contributed by atoms with van der Waals surface area (Å²) in [5, 5.41) is 22.3. The normalized spacial score (nSPS) is 27.4. The summed E-state index contributed by atoms with van der Waals surface area (Å²) < 4.78 is 29.5. The van der Waals surface area contributed by atoms with Crippen LogP contribution in [0.15, 0.2) is 31.0 Å². The van der Waals surface area contributed by atoms with Crippen molar-refractivity contribution in [2.75, 3.05) is 11.9 Å². The fourth-order valence-corrected chi connectivity index (χ4v) is 5.46. The van der Waals surface area contributed by atoms with Crippen molar-refractivity contribution in [3.8, 4) is 11.8 Å². The van der Waals surface area contributed by atoms with Gasteiger partial charge in [0.25, 0.3) is 0 Å². The smallest absolute Gasteiger partial charge is 0.408 e. The molecule has 5 heterocycles. The zero-order chi connectivity index (χ0) is 26.0. The SMILES string of the molecule is Cc1cn(-c2cnc(Nc3cc([C@H]4OC[C@@H](OC(=O)NC56CC(C5)C6)[C@H]4F)[nH]n3)n3cc(C#N)nc23)cn1. The van der Waals surface area contributed by atoms with Crippen LogP contribution in [0.4, 0.5) is 21.0 Å². The van der Waals surface area contributed by atoms with Crippen molar-refractivity contribution in [1.82, 2.24) is 39.4 Å². The van der Waals surface area contributed by atoms with Crippen LogP contribution in [-0.4, -0.2) is 64.6 Å². The lowest BCUT2D eigenvalue weighted by atomic mass is 9.50. The maximum absolute atomic E-state index is 15.2. The Balaban J connectivity index is 1.07. The van der Waals surface area contributed by atoms with E-state index in [2.05, 4.69) is 35.8 Å². The maximum Gasteiger partial charge on any atom is 0.408 e. The number of aromatic nitrogens is 7. The predicted octanol–water partition coefficient (Wildman–Crippen LogP) is 2.62. The van der Waals surface area contributed by atoms with Crippen LogP contribution in [0.5, 0.6) is 0 Å². The zero-order valence-corrected chi connectivity index (χ0v) is 20.3. The quantitative estimate of drug-likeness (QED) is 0.349. The van der Waals surface area contributed by atoms with Crippen LogP contribution < -0.4 is 10.6 Å². The minimum absolute atomic E-state index is 0.0556. The molecule has 4 fully saturated rings. The van der Waals surface area contributed by atoms with Gasteiger partial charge in [-0.3, -0.25) is 9.50 Å². The molecule has 13 nitrogen and oxygen atoms in total. The number of fused-ring (bicyclic) bond motifs is 1. The van der Waals surface area contributed by atoms with Gasteiger partial charge in [0.1, 0.15) is 17.9 Å². The molecule has 38 heavy (non-hydrogen) atoms. The van der Waals surface area contributed by atoms with Crippen LogP contribution in [-0.2, 0) is 9.47 Å². The monoisotopic (exact) mass is 518 g/mol. The number of nitrogens with zero attached hydrogens (tertiary/aromatic N) is 7. The van der Waals surface area contributed by atoms with E-state index in [4.69, 9.17) is 9.47 Å². The Morgan fingerprint density at radius 3 is 2.89 bits per heavy atom. The summed E-state index contributed by atoms with van der Waals surface area (Å²) in [5.74, 6) is 1.41. The molecule has 1 saturated heterocycles. The van der Waals surface area contributed by atoms with Crippen LogP contribution in [0, 0.1) is 24.2 Å². The van der Waals surface area contributed by atoms with Gasteiger partial charge in [-0.25, -0.2) is 24.1 Å². The molecule has 8 rings (SSSR count). The van der Waals surface area contributed by atoms with E-state index in [1.165, 1.54) is 0 Å². The number of alkyl carbamates (subject to hydrolysis) is 1. The Kier molecular flexibility index (Phi) is 4.92. The molecular weight excluding hydrogens is 495 g/mol. The predicted molar refractivity (Wildman–Crippen MR) is 128 cm³/mol. The first-order valence-corrected chi connectivity index (χ1v) is 12.3. The highest BCUT2D eigenvalue weighted by molar-refractivity contribution is 5.69. The number of alkyl halides is 1. The van der Waals surface area contributed by atoms with Crippen LogP contribution in [0.1, 0.15) is 42.4 Å². The number of nitriles is 1. The Morgan fingerprint density at radius 2 is 2.18 bits per heavy atom. The van der Waals surface area contributed by atoms with E-state index in [0.29, 0.717) is 34.7 Å². The van der Waals surface area contributed by atoms with Gasteiger partial charge < -0.3 is 24.7 Å². The molecule has 4 aromatic heterocycles. The number of halogens is 1. The summed E-state index contributed by atoms with van der Waals surface area (Å²) in [5.41, 5.74) is 2.41. The van der Waals surface area contributed by atoms with Crippen LogP contribution in [0.25, 0.3) is 11.3 Å². The van der Waals surface area contributed by atoms with Crippen LogP contribution in [0.2, 0.25) is 0 Å². The third-order valence-corrected chi connectivity index (χ3v) is 7.47. The van der Waals surface area contributed by atoms with E-state index < -0.39 is 24.5 Å². The summed E-state index contributed by atoms with van der Waals surface area (Å²) in [4.78, 5) is 25.4. The number of aromatic amines is 1. The molecule has 2 bridgehead atoms. The zero-order valence-electron chi connectivity index (χ0n) is 20.3. The fraction of sp³-hybridized carbons (Fsp3) is 0.417. The lowest BCUT2D eigenvalue weighted by Crippen LogP contribution is -2.68. The van der Waals surface area contributed by atoms with Crippen LogP contribution in [0.3, 0.4) is 0 Å². The summed E-state index contributed by atoms with van der Waals surface area (Å²) >= 11 is 0. The summed E-state index contributed by atoms with van der Waals surface area (Å²) in [6.07, 6.45) is 5.41. The van der Waals surface area contributed by atoms with Crippen molar-refractivity contribution in [3.63, 3.8) is 0 Å². The number of nitrogens with one attached hydrogen (secondary N) is 3. The number of aryl methyl sites for hydroxylation is 1. The third kappa shape index (κ3) is 3.66. The van der Waals surface area contributed by atoms with E-state index in [1.807, 2.05) is 19.2 Å². The maximum atomic E-state index is 15.2. The number of imidazole rings is 2. The van der Waals surface area contributed by atoms with Gasteiger partial charge in [0.15, 0.2) is 29.4 Å². The number of ether oxygens (including phenoxy) is 2. The van der Waals surface area contributed by atoms with Gasteiger partial charge in [-0.2, -0.15) is 10.4 Å². The van der Waals surface area contributed by atoms with Crippen molar-refractivity contribution >= 4 is 23.5 Å². The number of hydrogen-bond donors (Lipinski definition) is 3. The standard InChI is InChI=1S/C24H23FN10O3/c1-12-8-34(11-28-12)16-7-27-22(35-9-14(6-26)29-21(16)35)30-18-2-15(32-33-18)20-19(25)17(10-37-20)38-23(36)31-24-3-13(4-24)5-24/h2,7-9,11,13,17,19-20H,3-5,10H2,1H3,(H,31,36)(H2,27,30,32,33)/t13?,17-,19-,20-,24?/m1/s1. The Labute approximate surface area is 215 Å². The second-order valence-electron chi connectivity index (χ2n) is 10.2. The van der Waals surface area contributed by atoms with Gasteiger partial charge in [-0.1, -0.05) is 0 Å². The first kappa shape index (κ1) is 22.7. The minimum atomic E-state index is -1.56. The van der Waals surface area contributed by atoms with Gasteiger partial charge in [-0.05, 0) is 32.1 Å². The number of amides is 1. The highest BCUT2D eigenvalue weighted by atomic mass is 19.1. The molecule has 14 heteroatoms. The molecule has 4 aromatic rings. The molecule has 0 spiro atoms. The number of hydrogen-bond acceptors (Lipinski definition) is 9. The van der Waals surface area contributed by atoms with Gasteiger partial charge in [-0.15, -0.1) is 0 Å². The van der Waals surface area contributed by atoms with E-state index in [-0.39, 0.29) is 17.8 Å². The van der Waals surface area contributed by atoms with E-state index in [0.717, 1.165) is 25.0 Å². The molecule has 1 amide bonds. The average Bonchev–Trinajstić information content (AvgIpc) is 3.64. The lowest BCUT2D eigenvalue weighted by Gasteiger charge is -2.61. The second kappa shape index (κ2) is 8.25. The summed E-state index contributed by atoms with van der Waals surface area (Å²) in [6.45, 7) is 1.81. The molecule has 194 valence electrons. The molecule has 3 N–H and O–H groups in total. The number of carbonyl (C=O) groups is 1. The molecule has 3 saturated carbocycles. The third-order valence-electron chi connectivity index (χ3n) is 7.47. The second-order valence-corrected chi connectivity index (χ2v) is 10.2. The molecule has 0 unspecified atom stereocenters. The van der Waals surface area contributed by atoms with Gasteiger partial charge >= 0.3 is 6.09 Å². The largest absolute Gasteiger partial charge is 0.441 e. The van der Waals surface area contributed by atoms with Gasteiger partial charge in [0, 0.05) is 17.8 Å². The first-order valence-electron chi connectivity index (χ1n) is 12.3. The number of H-pyrrole nitrogens is 1. The molecular formula is C24H23FN10O3. The Hall–Kier alpha value is -4.51. The Morgan fingerprint density at radius 1 is 1.34 bits per heavy atom. The number of anilines is 2. The fourth-order valence-electron chi connectivity index (χ4n) is 5.46. The highest BCUT2D eigenvalue weighted by Gasteiger charge is 2.58. The van der Waals surface area contributed by atoms with Crippen molar-refractivity contribution in [2.45, 2.75) is 50.1 Å². The number of carbonyl (C=O) groups excluding carboxylic acids is 1. The van der Waals surface area contributed by atoms with E-state index in [1.54, 1.807) is 33.8 Å². The van der Waals surface area contributed by atoms with Crippen molar-refractivity contribution in [2.24, 2.45) is 5.92 Å². The van der Waals surface area contributed by atoms with Crippen LogP contribution >= 0.6 is 0 Å². The van der Waals surface area contributed by atoms with E-state index in [9.17, 15) is 10.1 Å². The number of rotatable bonds is 6. The minimum Gasteiger partial charge on any atom is -0.441 e. The van der Waals surface area contributed by atoms with Gasteiger partial charge in [0.05, 0.1) is 36.7 Å². The highest BCUT2D eigenvalue weighted by Crippen LogP contribution is 2.57.